The third-order valence-electron chi connectivity index (χ3n) is 7.93. The molecule has 7 rings (SSSR count). The lowest BCUT2D eigenvalue weighted by Gasteiger charge is -2.25. The summed E-state index contributed by atoms with van der Waals surface area (Å²) in [6, 6.07) is 21.5. The first-order chi connectivity index (χ1) is 17.6. The van der Waals surface area contributed by atoms with Gasteiger partial charge in [0.25, 0.3) is 5.91 Å². The summed E-state index contributed by atoms with van der Waals surface area (Å²) in [5.41, 5.74) is 5.46. The molecule has 5 nitrogen and oxygen atoms in total. The van der Waals surface area contributed by atoms with E-state index in [4.69, 9.17) is 0 Å². The van der Waals surface area contributed by atoms with E-state index in [1.54, 1.807) is 18.3 Å². The molecule has 3 heterocycles. The number of amides is 1. The number of aromatic nitrogens is 3. The van der Waals surface area contributed by atoms with E-state index in [2.05, 4.69) is 53.4 Å². The van der Waals surface area contributed by atoms with Gasteiger partial charge in [-0.3, -0.25) is 4.79 Å². The van der Waals surface area contributed by atoms with Crippen LogP contribution in [0.4, 0.5) is 4.39 Å². The lowest BCUT2D eigenvalue weighted by atomic mass is 9.86. The normalized spacial score (nSPS) is 22.7. The highest BCUT2D eigenvalue weighted by molar-refractivity contribution is 7.11. The van der Waals surface area contributed by atoms with Crippen LogP contribution in [0.25, 0.3) is 16.6 Å². The van der Waals surface area contributed by atoms with Crippen molar-refractivity contribution in [3.8, 4) is 5.69 Å². The van der Waals surface area contributed by atoms with Crippen LogP contribution < -0.4 is 0 Å². The molecular formula is C29H23FN4OS. The molecule has 0 bridgehead atoms. The molecule has 3 aromatic carbocycles. The average Bonchev–Trinajstić information content (AvgIpc) is 3.40. The first-order valence-electron chi connectivity index (χ1n) is 12.0. The Morgan fingerprint density at radius 2 is 1.92 bits per heavy atom. The van der Waals surface area contributed by atoms with Crippen molar-refractivity contribution < 1.29 is 9.18 Å². The predicted octanol–water partition coefficient (Wildman–Crippen LogP) is 5.74. The molecule has 1 saturated heterocycles. The lowest BCUT2D eigenvalue weighted by Crippen LogP contribution is -2.34. The number of likely N-dealkylation sites (tertiary alicyclic amines) is 1. The minimum absolute atomic E-state index is 0.0197. The summed E-state index contributed by atoms with van der Waals surface area (Å²) in [6.45, 7) is 3.55. The SMILES string of the molecule is Cc1cc2c(cnn2-c2ccc(F)cc2)cc1C12CN(C(=O)c3nccs3)CC1C2c1ccccc1. The number of carbonyl (C=O) groups excluding carboxylic acids is 1. The van der Waals surface area contributed by atoms with Crippen molar-refractivity contribution in [3.63, 3.8) is 0 Å². The third kappa shape index (κ3) is 3.09. The summed E-state index contributed by atoms with van der Waals surface area (Å²) in [5.74, 6) is 0.471. The molecule has 1 saturated carbocycles. The van der Waals surface area contributed by atoms with Crippen LogP contribution >= 0.6 is 11.3 Å². The zero-order valence-corrected chi connectivity index (χ0v) is 20.5. The quantitative estimate of drug-likeness (QED) is 0.320. The fourth-order valence-corrected chi connectivity index (χ4v) is 6.95. The highest BCUT2D eigenvalue weighted by Gasteiger charge is 2.71. The van der Waals surface area contributed by atoms with Crippen molar-refractivity contribution in [2.75, 3.05) is 13.1 Å². The van der Waals surface area contributed by atoms with Crippen LogP contribution in [-0.2, 0) is 5.41 Å². The van der Waals surface area contributed by atoms with Crippen molar-refractivity contribution in [2.45, 2.75) is 18.3 Å². The van der Waals surface area contributed by atoms with Gasteiger partial charge in [0.1, 0.15) is 5.82 Å². The van der Waals surface area contributed by atoms with Crippen LogP contribution in [-0.4, -0.2) is 38.7 Å². The second-order valence-electron chi connectivity index (χ2n) is 9.82. The zero-order valence-electron chi connectivity index (χ0n) is 19.6. The number of carbonyl (C=O) groups is 1. The maximum Gasteiger partial charge on any atom is 0.282 e. The minimum Gasteiger partial charge on any atom is -0.335 e. The van der Waals surface area contributed by atoms with Crippen LogP contribution in [0.2, 0.25) is 0 Å². The van der Waals surface area contributed by atoms with Gasteiger partial charge in [-0.15, -0.1) is 11.3 Å². The monoisotopic (exact) mass is 494 g/mol. The van der Waals surface area contributed by atoms with Crippen molar-refractivity contribution in [2.24, 2.45) is 5.92 Å². The largest absolute Gasteiger partial charge is 0.335 e. The molecule has 0 radical (unpaired) electrons. The summed E-state index contributed by atoms with van der Waals surface area (Å²) in [5, 5.41) is 8.06. The third-order valence-corrected chi connectivity index (χ3v) is 8.69. The highest BCUT2D eigenvalue weighted by atomic mass is 32.1. The zero-order chi connectivity index (χ0) is 24.4. The number of fused-ring (bicyclic) bond motifs is 2. The smallest absolute Gasteiger partial charge is 0.282 e. The molecule has 1 amide bonds. The van der Waals surface area contributed by atoms with Crippen molar-refractivity contribution in [1.82, 2.24) is 19.7 Å². The van der Waals surface area contributed by atoms with Crippen molar-refractivity contribution >= 4 is 28.1 Å². The van der Waals surface area contributed by atoms with Gasteiger partial charge >= 0.3 is 0 Å². The molecule has 1 aliphatic carbocycles. The Morgan fingerprint density at radius 3 is 2.67 bits per heavy atom. The van der Waals surface area contributed by atoms with Gasteiger partial charge in [-0.05, 0) is 65.9 Å². The molecule has 178 valence electrons. The van der Waals surface area contributed by atoms with Gasteiger partial charge in [0.15, 0.2) is 5.01 Å². The van der Waals surface area contributed by atoms with E-state index in [1.165, 1.54) is 40.2 Å². The van der Waals surface area contributed by atoms with Gasteiger partial charge in [-0.2, -0.15) is 5.10 Å². The van der Waals surface area contributed by atoms with Gasteiger partial charge in [-0.1, -0.05) is 30.3 Å². The van der Waals surface area contributed by atoms with Gasteiger partial charge in [0.05, 0.1) is 17.4 Å². The number of nitrogens with zero attached hydrogens (tertiary/aromatic N) is 4. The number of hydrogen-bond donors (Lipinski definition) is 0. The van der Waals surface area contributed by atoms with Crippen LogP contribution in [0.15, 0.2) is 84.5 Å². The minimum atomic E-state index is -0.266. The standard InChI is InChI=1S/C29H23FN4OS/c1-18-13-25-20(15-32-34(25)22-9-7-21(30)8-10-22)14-23(18)29-17-33(28(35)27-31-11-12-36-27)16-24(29)26(29)19-5-3-2-4-6-19/h2-15,24,26H,16-17H2,1H3. The number of aryl methyl sites for hydroxylation is 1. The Bertz CT molecular complexity index is 1600. The topological polar surface area (TPSA) is 51.0 Å². The summed E-state index contributed by atoms with van der Waals surface area (Å²) >= 11 is 1.40. The molecule has 2 aliphatic rings. The van der Waals surface area contributed by atoms with Crippen molar-refractivity contribution in [3.05, 3.63) is 112 Å². The summed E-state index contributed by atoms with van der Waals surface area (Å²) in [7, 11) is 0. The summed E-state index contributed by atoms with van der Waals surface area (Å²) < 4.78 is 15.3. The maximum absolute atomic E-state index is 13.5. The maximum atomic E-state index is 13.5. The first-order valence-corrected chi connectivity index (χ1v) is 12.9. The van der Waals surface area contributed by atoms with E-state index in [0.29, 0.717) is 23.4 Å². The van der Waals surface area contributed by atoms with Crippen LogP contribution in [0.1, 0.15) is 32.4 Å². The number of piperidine rings is 1. The molecule has 0 N–H and O–H groups in total. The number of halogens is 1. The van der Waals surface area contributed by atoms with Gasteiger partial charge < -0.3 is 4.90 Å². The van der Waals surface area contributed by atoms with E-state index in [1.807, 2.05) is 27.2 Å². The molecule has 2 aromatic heterocycles. The fourth-order valence-electron chi connectivity index (χ4n) is 6.35. The molecule has 1 aliphatic heterocycles. The van der Waals surface area contributed by atoms with E-state index >= 15 is 0 Å². The molecule has 0 spiro atoms. The Kier molecular flexibility index (Phi) is 4.66. The van der Waals surface area contributed by atoms with E-state index < -0.39 is 0 Å². The summed E-state index contributed by atoms with van der Waals surface area (Å²) in [4.78, 5) is 19.4. The number of rotatable bonds is 4. The molecule has 5 aromatic rings. The highest BCUT2D eigenvalue weighted by Crippen LogP contribution is 2.69. The number of hydrogen-bond acceptors (Lipinski definition) is 4. The van der Waals surface area contributed by atoms with Gasteiger partial charge in [0.2, 0.25) is 0 Å². The molecule has 3 unspecified atom stereocenters. The van der Waals surface area contributed by atoms with Crippen LogP contribution in [0.5, 0.6) is 0 Å². The fraction of sp³-hybridized carbons (Fsp3) is 0.207. The van der Waals surface area contributed by atoms with E-state index in [-0.39, 0.29) is 17.1 Å². The van der Waals surface area contributed by atoms with Gasteiger partial charge in [-0.25, -0.2) is 14.1 Å². The summed E-state index contributed by atoms with van der Waals surface area (Å²) in [6.07, 6.45) is 3.56. The Hall–Kier alpha value is -3.84. The molecule has 2 fully saturated rings. The van der Waals surface area contributed by atoms with Crippen LogP contribution in [0, 0.1) is 18.7 Å². The first kappa shape index (κ1) is 21.4. The Morgan fingerprint density at radius 1 is 1.11 bits per heavy atom. The van der Waals surface area contributed by atoms with E-state index in [9.17, 15) is 9.18 Å². The molecular weight excluding hydrogens is 471 g/mol. The molecule has 7 heteroatoms. The second kappa shape index (κ2) is 7.83. The molecule has 3 atom stereocenters. The number of benzene rings is 3. The second-order valence-corrected chi connectivity index (χ2v) is 10.7. The Labute approximate surface area is 211 Å². The van der Waals surface area contributed by atoms with Crippen LogP contribution in [0.3, 0.4) is 0 Å². The molecule has 36 heavy (non-hydrogen) atoms. The number of thiazole rings is 1. The predicted molar refractivity (Wildman–Crippen MR) is 138 cm³/mol. The van der Waals surface area contributed by atoms with Gasteiger partial charge in [0, 0.05) is 41.4 Å². The lowest BCUT2D eigenvalue weighted by molar-refractivity contribution is 0.0768. The Balaban J connectivity index is 1.32. The van der Waals surface area contributed by atoms with Crippen molar-refractivity contribution in [1.29, 1.82) is 0 Å². The van der Waals surface area contributed by atoms with E-state index in [0.717, 1.165) is 23.1 Å². The average molecular weight is 495 g/mol.